The van der Waals surface area contributed by atoms with Gasteiger partial charge in [0.1, 0.15) is 11.5 Å². The standard InChI is InChI=1S/C18H18N4O3/c1-11-7-15(13(3)22(11)17-8-12(2)25-21-17)10-19-20-18(24)14-5-4-6-16(23)9-14/h4-10,23H,1-3H3,(H,20,24)/b19-10-. The van der Waals surface area contributed by atoms with Gasteiger partial charge in [0, 0.05) is 28.6 Å². The highest BCUT2D eigenvalue weighted by Gasteiger charge is 2.12. The molecule has 0 bridgehead atoms. The van der Waals surface area contributed by atoms with Crippen molar-refractivity contribution in [1.29, 1.82) is 0 Å². The molecule has 0 saturated carbocycles. The molecule has 0 atom stereocenters. The topological polar surface area (TPSA) is 92.7 Å². The van der Waals surface area contributed by atoms with Crippen molar-refractivity contribution in [1.82, 2.24) is 15.1 Å². The van der Waals surface area contributed by atoms with Gasteiger partial charge in [0.05, 0.1) is 6.21 Å². The van der Waals surface area contributed by atoms with E-state index < -0.39 is 5.91 Å². The van der Waals surface area contributed by atoms with Crippen LogP contribution in [0.4, 0.5) is 0 Å². The number of aromatic hydroxyl groups is 1. The highest BCUT2D eigenvalue weighted by Crippen LogP contribution is 2.19. The van der Waals surface area contributed by atoms with E-state index in [-0.39, 0.29) is 5.75 Å². The molecule has 3 aromatic rings. The van der Waals surface area contributed by atoms with Crippen LogP contribution in [0.5, 0.6) is 5.75 Å². The second-order valence-corrected chi connectivity index (χ2v) is 5.71. The molecule has 7 heteroatoms. The van der Waals surface area contributed by atoms with E-state index in [4.69, 9.17) is 4.52 Å². The fourth-order valence-electron chi connectivity index (χ4n) is 2.60. The van der Waals surface area contributed by atoms with E-state index in [0.29, 0.717) is 11.4 Å². The Morgan fingerprint density at radius 1 is 1.28 bits per heavy atom. The lowest BCUT2D eigenvalue weighted by Gasteiger charge is -2.04. The number of nitrogens with one attached hydrogen (secondary N) is 1. The Balaban J connectivity index is 1.77. The fraction of sp³-hybridized carbons (Fsp3) is 0.167. The molecule has 2 heterocycles. The molecule has 128 valence electrons. The Morgan fingerprint density at radius 3 is 2.76 bits per heavy atom. The maximum absolute atomic E-state index is 12.0. The number of hydrogen-bond donors (Lipinski definition) is 2. The van der Waals surface area contributed by atoms with E-state index in [1.54, 1.807) is 18.3 Å². The number of aromatic nitrogens is 2. The number of aryl methyl sites for hydroxylation is 2. The van der Waals surface area contributed by atoms with Crippen molar-refractivity contribution in [3.63, 3.8) is 0 Å². The summed E-state index contributed by atoms with van der Waals surface area (Å²) < 4.78 is 7.08. The molecule has 0 spiro atoms. The van der Waals surface area contributed by atoms with Crippen LogP contribution in [-0.2, 0) is 0 Å². The van der Waals surface area contributed by atoms with Gasteiger partial charge in [0.15, 0.2) is 5.82 Å². The first kappa shape index (κ1) is 16.5. The van der Waals surface area contributed by atoms with Gasteiger partial charge in [0.2, 0.25) is 0 Å². The number of hydrogen-bond acceptors (Lipinski definition) is 5. The van der Waals surface area contributed by atoms with Crippen LogP contribution in [0, 0.1) is 20.8 Å². The van der Waals surface area contributed by atoms with Crippen molar-refractivity contribution < 1.29 is 14.4 Å². The number of rotatable bonds is 4. The SMILES string of the molecule is Cc1cc(-n2c(C)cc(/C=N\NC(=O)c3cccc(O)c3)c2C)no1. The molecular formula is C18H18N4O3. The molecule has 0 aliphatic rings. The van der Waals surface area contributed by atoms with Gasteiger partial charge in [-0.15, -0.1) is 0 Å². The van der Waals surface area contributed by atoms with Crippen LogP contribution in [0.1, 0.15) is 33.1 Å². The van der Waals surface area contributed by atoms with Gasteiger partial charge >= 0.3 is 0 Å². The first-order valence-electron chi connectivity index (χ1n) is 7.71. The highest BCUT2D eigenvalue weighted by molar-refractivity contribution is 5.95. The molecule has 1 aromatic carbocycles. The Labute approximate surface area is 144 Å². The van der Waals surface area contributed by atoms with Crippen molar-refractivity contribution in [2.24, 2.45) is 5.10 Å². The first-order chi connectivity index (χ1) is 12.0. The third-order valence-electron chi connectivity index (χ3n) is 3.79. The van der Waals surface area contributed by atoms with Crippen LogP contribution >= 0.6 is 0 Å². The number of benzene rings is 1. The van der Waals surface area contributed by atoms with E-state index in [9.17, 15) is 9.90 Å². The number of carbonyl (C=O) groups excluding carboxylic acids is 1. The van der Waals surface area contributed by atoms with Gasteiger partial charge in [-0.25, -0.2) is 5.43 Å². The van der Waals surface area contributed by atoms with Crippen molar-refractivity contribution in [3.05, 3.63) is 64.7 Å². The summed E-state index contributed by atoms with van der Waals surface area (Å²) in [4.78, 5) is 12.0. The zero-order valence-corrected chi connectivity index (χ0v) is 14.1. The molecule has 25 heavy (non-hydrogen) atoms. The molecule has 0 saturated heterocycles. The summed E-state index contributed by atoms with van der Waals surface area (Å²) >= 11 is 0. The van der Waals surface area contributed by atoms with E-state index >= 15 is 0 Å². The lowest BCUT2D eigenvalue weighted by molar-refractivity contribution is 0.0954. The van der Waals surface area contributed by atoms with Gasteiger partial charge in [-0.3, -0.25) is 9.36 Å². The largest absolute Gasteiger partial charge is 0.508 e. The van der Waals surface area contributed by atoms with E-state index in [2.05, 4.69) is 15.7 Å². The number of phenols is 1. The van der Waals surface area contributed by atoms with Crippen molar-refractivity contribution in [2.45, 2.75) is 20.8 Å². The van der Waals surface area contributed by atoms with Crippen LogP contribution in [0.2, 0.25) is 0 Å². The normalized spacial score (nSPS) is 11.2. The van der Waals surface area contributed by atoms with Crippen LogP contribution in [0.3, 0.4) is 0 Å². The van der Waals surface area contributed by atoms with E-state index in [1.165, 1.54) is 12.1 Å². The number of amides is 1. The summed E-state index contributed by atoms with van der Waals surface area (Å²) in [6.45, 7) is 5.74. The summed E-state index contributed by atoms with van der Waals surface area (Å²) in [6.07, 6.45) is 1.58. The molecule has 0 unspecified atom stereocenters. The van der Waals surface area contributed by atoms with Crippen molar-refractivity contribution >= 4 is 12.1 Å². The third-order valence-corrected chi connectivity index (χ3v) is 3.79. The minimum absolute atomic E-state index is 0.0306. The molecule has 2 N–H and O–H groups in total. The predicted molar refractivity (Wildman–Crippen MR) is 93.2 cm³/mol. The molecule has 0 aliphatic heterocycles. The fourth-order valence-corrected chi connectivity index (χ4v) is 2.60. The molecule has 0 aliphatic carbocycles. The Morgan fingerprint density at radius 2 is 2.08 bits per heavy atom. The van der Waals surface area contributed by atoms with Crippen molar-refractivity contribution in [2.75, 3.05) is 0 Å². The summed E-state index contributed by atoms with van der Waals surface area (Å²) in [5.41, 5.74) is 5.55. The molecule has 1 amide bonds. The van der Waals surface area contributed by atoms with E-state index in [1.807, 2.05) is 37.5 Å². The van der Waals surface area contributed by atoms with Gasteiger partial charge in [0.25, 0.3) is 5.91 Å². The predicted octanol–water partition coefficient (Wildman–Crippen LogP) is 2.86. The van der Waals surface area contributed by atoms with Crippen LogP contribution in [0.15, 0.2) is 46.0 Å². The molecule has 7 nitrogen and oxygen atoms in total. The van der Waals surface area contributed by atoms with Crippen LogP contribution in [-0.4, -0.2) is 27.0 Å². The van der Waals surface area contributed by atoms with Crippen LogP contribution < -0.4 is 5.43 Å². The molecule has 0 fully saturated rings. The zero-order valence-electron chi connectivity index (χ0n) is 14.1. The number of carbonyl (C=O) groups is 1. The van der Waals surface area contributed by atoms with Crippen LogP contribution in [0.25, 0.3) is 5.82 Å². The second-order valence-electron chi connectivity index (χ2n) is 5.71. The summed E-state index contributed by atoms with van der Waals surface area (Å²) in [6, 6.07) is 9.88. The maximum Gasteiger partial charge on any atom is 0.271 e. The summed E-state index contributed by atoms with van der Waals surface area (Å²) in [5, 5.41) is 17.4. The van der Waals surface area contributed by atoms with Gasteiger partial charge in [-0.2, -0.15) is 5.10 Å². The van der Waals surface area contributed by atoms with Crippen molar-refractivity contribution in [3.8, 4) is 11.6 Å². The minimum Gasteiger partial charge on any atom is -0.508 e. The minimum atomic E-state index is -0.395. The second kappa shape index (κ2) is 6.64. The number of hydrazone groups is 1. The summed E-state index contributed by atoms with van der Waals surface area (Å²) in [5.74, 6) is 1.07. The molecule has 3 rings (SSSR count). The zero-order chi connectivity index (χ0) is 18.0. The molecular weight excluding hydrogens is 320 g/mol. The van der Waals surface area contributed by atoms with Gasteiger partial charge in [-0.1, -0.05) is 11.2 Å². The lowest BCUT2D eigenvalue weighted by atomic mass is 10.2. The highest BCUT2D eigenvalue weighted by atomic mass is 16.5. The quantitative estimate of drug-likeness (QED) is 0.565. The molecule has 2 aromatic heterocycles. The Bertz CT molecular complexity index is 953. The number of nitrogens with zero attached hydrogens (tertiary/aromatic N) is 3. The lowest BCUT2D eigenvalue weighted by Crippen LogP contribution is -2.17. The smallest absolute Gasteiger partial charge is 0.271 e. The Kier molecular flexibility index (Phi) is 4.38. The monoisotopic (exact) mass is 338 g/mol. The third kappa shape index (κ3) is 3.45. The average Bonchev–Trinajstić information content (AvgIpc) is 3.10. The number of phenolic OH excluding ortho intramolecular Hbond substituents is 1. The first-order valence-corrected chi connectivity index (χ1v) is 7.71. The average molecular weight is 338 g/mol. The van der Waals surface area contributed by atoms with Gasteiger partial charge < -0.3 is 9.63 Å². The Hall–Kier alpha value is -3.35. The van der Waals surface area contributed by atoms with Gasteiger partial charge in [-0.05, 0) is 45.0 Å². The van der Waals surface area contributed by atoms with E-state index in [0.717, 1.165) is 22.7 Å². The maximum atomic E-state index is 12.0. The molecule has 0 radical (unpaired) electrons. The summed E-state index contributed by atoms with van der Waals surface area (Å²) in [7, 11) is 0.